The summed E-state index contributed by atoms with van der Waals surface area (Å²) in [4.78, 5) is 21.8. The number of carboxylic acid groups (broad SMARTS) is 1. The standard InChI is InChI=1S/C16H18N4O3.C4H6O2/c1-2-19(11-12-21)15-7-3-13(4-8-15)17-18-14-5-9-16(10-6-14)20(22)23;1-3(2)4(5)6/h3-10,21H,2,11-12H2,1H3;1H2,2H3,(H,5,6). The fourth-order valence-corrected chi connectivity index (χ4v) is 2.08. The number of carbonyl (C=O) groups is 1. The predicted molar refractivity (Wildman–Crippen MR) is 111 cm³/mol. The van der Waals surface area contributed by atoms with Gasteiger partial charge in [0.15, 0.2) is 0 Å². The number of aliphatic hydroxyl groups is 1. The molecule has 0 saturated heterocycles. The van der Waals surface area contributed by atoms with Gasteiger partial charge in [-0.3, -0.25) is 10.1 Å². The largest absolute Gasteiger partial charge is 0.478 e. The third-order valence-electron chi connectivity index (χ3n) is 3.67. The van der Waals surface area contributed by atoms with Crippen molar-refractivity contribution >= 4 is 28.7 Å². The molecule has 0 amide bonds. The van der Waals surface area contributed by atoms with Gasteiger partial charge in [0, 0.05) is 36.5 Å². The maximum atomic E-state index is 10.6. The van der Waals surface area contributed by atoms with E-state index in [1.165, 1.54) is 19.1 Å². The summed E-state index contributed by atoms with van der Waals surface area (Å²) in [6.07, 6.45) is 0. The molecule has 0 aliphatic heterocycles. The van der Waals surface area contributed by atoms with Crippen LogP contribution in [-0.4, -0.2) is 40.8 Å². The Morgan fingerprint density at radius 3 is 1.90 bits per heavy atom. The van der Waals surface area contributed by atoms with Gasteiger partial charge in [0.25, 0.3) is 5.69 Å². The topological polar surface area (TPSA) is 129 Å². The summed E-state index contributed by atoms with van der Waals surface area (Å²) in [5.74, 6) is -0.935. The van der Waals surface area contributed by atoms with Crippen LogP contribution in [0.1, 0.15) is 13.8 Å². The van der Waals surface area contributed by atoms with Crippen LogP contribution in [0.4, 0.5) is 22.7 Å². The molecular formula is C20H24N4O5. The maximum Gasteiger partial charge on any atom is 0.330 e. The first kappa shape index (κ1) is 23.4. The molecule has 0 spiro atoms. The van der Waals surface area contributed by atoms with Gasteiger partial charge < -0.3 is 15.1 Å². The molecule has 2 aromatic carbocycles. The summed E-state index contributed by atoms with van der Waals surface area (Å²) >= 11 is 0. The Bertz CT molecular complexity index is 836. The zero-order chi connectivity index (χ0) is 21.8. The van der Waals surface area contributed by atoms with Gasteiger partial charge in [-0.05, 0) is 50.2 Å². The molecule has 0 radical (unpaired) electrons. The van der Waals surface area contributed by atoms with E-state index >= 15 is 0 Å². The van der Waals surface area contributed by atoms with Gasteiger partial charge in [0.1, 0.15) is 0 Å². The van der Waals surface area contributed by atoms with E-state index in [1.54, 1.807) is 12.1 Å². The number of non-ortho nitro benzene ring substituents is 1. The van der Waals surface area contributed by atoms with Gasteiger partial charge in [-0.2, -0.15) is 10.2 Å². The van der Waals surface area contributed by atoms with Crippen LogP contribution in [-0.2, 0) is 4.79 Å². The molecule has 9 nitrogen and oxygen atoms in total. The normalized spacial score (nSPS) is 10.2. The van der Waals surface area contributed by atoms with Crippen molar-refractivity contribution in [1.82, 2.24) is 0 Å². The number of carboxylic acids is 1. The Morgan fingerprint density at radius 2 is 1.55 bits per heavy atom. The van der Waals surface area contributed by atoms with Crippen LogP contribution >= 0.6 is 0 Å². The van der Waals surface area contributed by atoms with Crippen LogP contribution in [0.5, 0.6) is 0 Å². The highest BCUT2D eigenvalue weighted by molar-refractivity contribution is 5.84. The minimum absolute atomic E-state index is 0.0249. The molecule has 0 saturated carbocycles. The van der Waals surface area contributed by atoms with Gasteiger partial charge in [0.05, 0.1) is 22.9 Å². The number of nitro benzene ring substituents is 1. The minimum atomic E-state index is -0.935. The number of benzene rings is 2. The van der Waals surface area contributed by atoms with Gasteiger partial charge in [-0.25, -0.2) is 4.79 Å². The van der Waals surface area contributed by atoms with Crippen molar-refractivity contribution in [2.75, 3.05) is 24.6 Å². The molecule has 2 rings (SSSR count). The number of hydrogen-bond donors (Lipinski definition) is 2. The number of rotatable bonds is 8. The Balaban J connectivity index is 0.000000612. The number of nitrogens with zero attached hydrogens (tertiary/aromatic N) is 4. The van der Waals surface area contributed by atoms with E-state index in [2.05, 4.69) is 21.7 Å². The third-order valence-corrected chi connectivity index (χ3v) is 3.67. The molecular weight excluding hydrogens is 376 g/mol. The van der Waals surface area contributed by atoms with E-state index in [1.807, 2.05) is 31.2 Å². The molecule has 0 aliphatic carbocycles. The molecule has 2 N–H and O–H groups in total. The van der Waals surface area contributed by atoms with Gasteiger partial charge in [-0.1, -0.05) is 6.58 Å². The van der Waals surface area contributed by atoms with Crippen LogP contribution < -0.4 is 4.90 Å². The monoisotopic (exact) mass is 400 g/mol. The first-order valence-corrected chi connectivity index (χ1v) is 8.79. The average Bonchev–Trinajstić information content (AvgIpc) is 2.71. The van der Waals surface area contributed by atoms with Gasteiger partial charge >= 0.3 is 5.97 Å². The van der Waals surface area contributed by atoms with Crippen LogP contribution in [0, 0.1) is 10.1 Å². The van der Waals surface area contributed by atoms with E-state index in [9.17, 15) is 14.9 Å². The van der Waals surface area contributed by atoms with E-state index < -0.39 is 10.9 Å². The molecule has 29 heavy (non-hydrogen) atoms. The smallest absolute Gasteiger partial charge is 0.330 e. The quantitative estimate of drug-likeness (QED) is 0.291. The van der Waals surface area contributed by atoms with Crippen molar-refractivity contribution in [3.63, 3.8) is 0 Å². The Hall–Kier alpha value is -3.59. The molecule has 9 heteroatoms. The Kier molecular flexibility index (Phi) is 9.69. The summed E-state index contributed by atoms with van der Waals surface area (Å²) in [5, 5.41) is 35.7. The van der Waals surface area contributed by atoms with Crippen LogP contribution in [0.15, 0.2) is 70.9 Å². The average molecular weight is 400 g/mol. The number of nitro groups is 1. The first-order chi connectivity index (χ1) is 13.8. The van der Waals surface area contributed by atoms with E-state index in [0.29, 0.717) is 17.9 Å². The van der Waals surface area contributed by atoms with E-state index in [4.69, 9.17) is 10.2 Å². The Morgan fingerprint density at radius 1 is 1.10 bits per heavy atom. The van der Waals surface area contributed by atoms with Crippen LogP contribution in [0.25, 0.3) is 0 Å². The highest BCUT2D eigenvalue weighted by Gasteiger charge is 2.04. The van der Waals surface area contributed by atoms with Crippen LogP contribution in [0.3, 0.4) is 0 Å². The molecule has 0 aromatic heterocycles. The lowest BCUT2D eigenvalue weighted by Gasteiger charge is -2.21. The molecule has 0 heterocycles. The number of azo groups is 1. The molecule has 0 bridgehead atoms. The number of aliphatic carboxylic acids is 1. The van der Waals surface area contributed by atoms with E-state index in [-0.39, 0.29) is 17.9 Å². The third kappa shape index (κ3) is 8.31. The molecule has 154 valence electrons. The fraction of sp³-hybridized carbons (Fsp3) is 0.250. The second kappa shape index (κ2) is 12.0. The SMILES string of the molecule is C=C(C)C(=O)O.CCN(CCO)c1ccc(N=Nc2ccc([N+](=O)[O-])cc2)cc1. The maximum absolute atomic E-state index is 10.6. The molecule has 0 fully saturated rings. The molecule has 0 aliphatic rings. The zero-order valence-electron chi connectivity index (χ0n) is 16.4. The van der Waals surface area contributed by atoms with Crippen molar-refractivity contribution in [3.8, 4) is 0 Å². The molecule has 0 atom stereocenters. The van der Waals surface area contributed by atoms with Crippen LogP contribution in [0.2, 0.25) is 0 Å². The fourth-order valence-electron chi connectivity index (χ4n) is 2.08. The van der Waals surface area contributed by atoms with Crippen molar-refractivity contribution in [2.24, 2.45) is 10.2 Å². The lowest BCUT2D eigenvalue weighted by Crippen LogP contribution is -2.25. The highest BCUT2D eigenvalue weighted by atomic mass is 16.6. The summed E-state index contributed by atoms with van der Waals surface area (Å²) in [6, 6.07) is 13.4. The van der Waals surface area contributed by atoms with Crippen molar-refractivity contribution < 1.29 is 19.9 Å². The second-order valence-corrected chi connectivity index (χ2v) is 5.88. The summed E-state index contributed by atoms with van der Waals surface area (Å²) in [5.41, 5.74) is 2.45. The summed E-state index contributed by atoms with van der Waals surface area (Å²) < 4.78 is 0. The highest BCUT2D eigenvalue weighted by Crippen LogP contribution is 2.23. The summed E-state index contributed by atoms with van der Waals surface area (Å²) in [7, 11) is 0. The predicted octanol–water partition coefficient (Wildman–Crippen LogP) is 4.48. The van der Waals surface area contributed by atoms with E-state index in [0.717, 1.165) is 12.2 Å². The number of likely N-dealkylation sites (N-methyl/N-ethyl adjacent to an activating group) is 1. The lowest BCUT2D eigenvalue weighted by molar-refractivity contribution is -0.384. The minimum Gasteiger partial charge on any atom is -0.478 e. The zero-order valence-corrected chi connectivity index (χ0v) is 16.4. The lowest BCUT2D eigenvalue weighted by atomic mass is 10.2. The van der Waals surface area contributed by atoms with Crippen molar-refractivity contribution in [1.29, 1.82) is 0 Å². The van der Waals surface area contributed by atoms with Gasteiger partial charge in [-0.15, -0.1) is 0 Å². The number of aliphatic hydroxyl groups excluding tert-OH is 1. The molecule has 0 unspecified atom stereocenters. The van der Waals surface area contributed by atoms with Crippen molar-refractivity contribution in [2.45, 2.75) is 13.8 Å². The second-order valence-electron chi connectivity index (χ2n) is 5.88. The van der Waals surface area contributed by atoms with Gasteiger partial charge in [0.2, 0.25) is 0 Å². The number of anilines is 1. The number of hydrogen-bond acceptors (Lipinski definition) is 7. The Labute approximate surface area is 168 Å². The van der Waals surface area contributed by atoms with Crippen molar-refractivity contribution in [3.05, 3.63) is 70.8 Å². The molecule has 2 aromatic rings. The first-order valence-electron chi connectivity index (χ1n) is 8.79. The summed E-state index contributed by atoms with van der Waals surface area (Å²) in [6.45, 7) is 8.13.